The van der Waals surface area contributed by atoms with Crippen LogP contribution in [0.2, 0.25) is 5.02 Å². The van der Waals surface area contributed by atoms with Crippen molar-refractivity contribution in [1.29, 1.82) is 0 Å². The Labute approximate surface area is 234 Å². The number of benzene rings is 3. The lowest BCUT2D eigenvalue weighted by Crippen LogP contribution is -2.49. The molecule has 38 heavy (non-hydrogen) atoms. The van der Waals surface area contributed by atoms with Crippen LogP contribution in [0.4, 0.5) is 11.4 Å². The van der Waals surface area contributed by atoms with Crippen molar-refractivity contribution in [2.45, 2.75) is 34.2 Å². The number of nitrogens with zero attached hydrogens (tertiary/aromatic N) is 3. The Morgan fingerprint density at radius 3 is 1.63 bits per heavy atom. The molecule has 1 aliphatic rings. The summed E-state index contributed by atoms with van der Waals surface area (Å²) in [4.78, 5) is 19.8. The quantitative estimate of drug-likeness (QED) is 0.301. The Hall–Kier alpha value is -3.18. The molecule has 4 rings (SSSR count). The first-order valence-electron chi connectivity index (χ1n) is 13.2. The Morgan fingerprint density at radius 1 is 0.789 bits per heavy atom. The van der Waals surface area contributed by atoms with Crippen molar-refractivity contribution in [1.82, 2.24) is 9.80 Å². The van der Waals surface area contributed by atoms with Crippen LogP contribution >= 0.6 is 11.6 Å². The van der Waals surface area contributed by atoms with E-state index in [0.29, 0.717) is 6.54 Å². The zero-order valence-corrected chi connectivity index (χ0v) is 24.1. The summed E-state index contributed by atoms with van der Waals surface area (Å²) < 4.78 is 0. The average Bonchev–Trinajstić information content (AvgIpc) is 2.92. The van der Waals surface area contributed by atoms with Gasteiger partial charge in [-0.2, -0.15) is 0 Å². The van der Waals surface area contributed by atoms with Gasteiger partial charge in [-0.15, -0.1) is 6.58 Å². The molecule has 1 saturated heterocycles. The Kier molecular flexibility index (Phi) is 14.2. The zero-order valence-electron chi connectivity index (χ0n) is 23.3. The summed E-state index contributed by atoms with van der Waals surface area (Å²) in [5.41, 5.74) is 4.23. The first-order chi connectivity index (χ1) is 18.3. The van der Waals surface area contributed by atoms with Gasteiger partial charge in [-0.25, -0.2) is 0 Å². The van der Waals surface area contributed by atoms with Gasteiger partial charge in [0.25, 0.3) is 0 Å². The lowest BCUT2D eigenvalue weighted by molar-refractivity contribution is -0.119. The maximum absolute atomic E-state index is 13.3. The van der Waals surface area contributed by atoms with Crippen molar-refractivity contribution in [2.24, 2.45) is 0 Å². The third kappa shape index (κ3) is 11.5. The van der Waals surface area contributed by atoms with Gasteiger partial charge in [-0.3, -0.25) is 19.5 Å². The van der Waals surface area contributed by atoms with Gasteiger partial charge in [0.05, 0.1) is 6.54 Å². The molecular weight excluding hydrogens is 490 g/mol. The molecule has 1 aliphatic heterocycles. The minimum absolute atomic E-state index is 0.0959. The first-order valence-corrected chi connectivity index (χ1v) is 13.5. The highest BCUT2D eigenvalue weighted by Gasteiger charge is 2.23. The number of amides is 1. The predicted molar refractivity (Wildman–Crippen MR) is 164 cm³/mol. The van der Waals surface area contributed by atoms with Crippen molar-refractivity contribution in [2.75, 3.05) is 37.6 Å². The van der Waals surface area contributed by atoms with Gasteiger partial charge < -0.3 is 0 Å². The second-order valence-corrected chi connectivity index (χ2v) is 9.89. The summed E-state index contributed by atoms with van der Waals surface area (Å²) >= 11 is 5.98. The molecule has 3 aromatic carbocycles. The molecule has 0 N–H and O–H groups in total. The lowest BCUT2D eigenvalue weighted by Gasteiger charge is -2.35. The zero-order chi connectivity index (χ0) is 27.8. The Balaban J connectivity index is 0.000000559. The molecule has 202 valence electrons. The number of carbonyl (C=O) groups excluding carboxylic acids is 1. The molecule has 1 heterocycles. The molecule has 0 saturated carbocycles. The summed E-state index contributed by atoms with van der Waals surface area (Å²) in [5, 5.41) is 0.767. The Morgan fingerprint density at radius 2 is 1.21 bits per heavy atom. The van der Waals surface area contributed by atoms with Crippen LogP contribution in [0.25, 0.3) is 0 Å². The van der Waals surface area contributed by atoms with Crippen molar-refractivity contribution < 1.29 is 4.79 Å². The standard InChI is InChI=1S/C25H26ClN3O.2C4H8/c26-22-13-11-21(12-14-22)19-27-15-17-28(18-16-27)20-25(30)29(23-7-3-1-4-8-23)24-9-5-2-6-10-24;1-4(2)3;1-3-4-2/h1-14H,15-20H2;1H2,2-3H3;3-4H,1-2H3/b;;4-3-. The van der Waals surface area contributed by atoms with Crippen LogP contribution in [0, 0.1) is 0 Å². The largest absolute Gasteiger partial charge is 0.297 e. The van der Waals surface area contributed by atoms with Crippen LogP contribution in [-0.4, -0.2) is 48.4 Å². The summed E-state index contributed by atoms with van der Waals surface area (Å²) in [7, 11) is 0. The molecule has 1 fully saturated rings. The van der Waals surface area contributed by atoms with E-state index in [4.69, 9.17) is 11.6 Å². The molecular formula is C33H42ClN3O. The first kappa shape index (κ1) is 31.0. The molecule has 0 radical (unpaired) electrons. The van der Waals surface area contributed by atoms with Crippen LogP contribution in [0.5, 0.6) is 0 Å². The van der Waals surface area contributed by atoms with Gasteiger partial charge in [-0.1, -0.05) is 77.9 Å². The summed E-state index contributed by atoms with van der Waals surface area (Å²) in [6, 6.07) is 27.8. The lowest BCUT2D eigenvalue weighted by atomic mass is 10.2. The van der Waals surface area contributed by atoms with Gasteiger partial charge in [0.1, 0.15) is 0 Å². The van der Waals surface area contributed by atoms with E-state index in [0.717, 1.165) is 49.1 Å². The summed E-state index contributed by atoms with van der Waals surface area (Å²) in [5.74, 6) is 0.0959. The number of para-hydroxylation sites is 2. The molecule has 0 bridgehead atoms. The maximum Gasteiger partial charge on any atom is 0.245 e. The number of rotatable bonds is 6. The molecule has 5 heteroatoms. The minimum atomic E-state index is 0.0959. The van der Waals surface area contributed by atoms with E-state index in [2.05, 4.69) is 28.5 Å². The fourth-order valence-corrected chi connectivity index (χ4v) is 3.93. The third-order valence-corrected chi connectivity index (χ3v) is 6.01. The molecule has 4 nitrogen and oxygen atoms in total. The van der Waals surface area contributed by atoms with Crippen LogP contribution in [-0.2, 0) is 11.3 Å². The number of anilines is 2. The third-order valence-electron chi connectivity index (χ3n) is 5.75. The van der Waals surface area contributed by atoms with Crippen molar-refractivity contribution in [3.05, 3.63) is 120 Å². The van der Waals surface area contributed by atoms with Crippen LogP contribution in [0.3, 0.4) is 0 Å². The van der Waals surface area contributed by atoms with Gasteiger partial charge in [0.2, 0.25) is 5.91 Å². The normalized spacial score (nSPS) is 13.6. The number of piperazine rings is 1. The predicted octanol–water partition coefficient (Wildman–Crippen LogP) is 7.99. The highest BCUT2D eigenvalue weighted by atomic mass is 35.5. The van der Waals surface area contributed by atoms with E-state index in [1.54, 1.807) is 0 Å². The van der Waals surface area contributed by atoms with Gasteiger partial charge in [-0.05, 0) is 69.7 Å². The smallest absolute Gasteiger partial charge is 0.245 e. The van der Waals surface area contributed by atoms with E-state index >= 15 is 0 Å². The summed E-state index contributed by atoms with van der Waals surface area (Å²) in [6.45, 7) is 16.5. The van der Waals surface area contributed by atoms with E-state index in [-0.39, 0.29) is 5.91 Å². The highest BCUT2D eigenvalue weighted by molar-refractivity contribution is 6.30. The SMILES string of the molecule is C/C=C\C.C=C(C)C.O=C(CN1CCN(Cc2ccc(Cl)cc2)CC1)N(c1ccccc1)c1ccccc1. The molecule has 0 unspecified atom stereocenters. The maximum atomic E-state index is 13.3. The van der Waals surface area contributed by atoms with E-state index in [1.165, 1.54) is 11.1 Å². The Bertz CT molecular complexity index is 1060. The molecule has 0 atom stereocenters. The topological polar surface area (TPSA) is 26.8 Å². The van der Waals surface area contributed by atoms with Gasteiger partial charge >= 0.3 is 0 Å². The van der Waals surface area contributed by atoms with E-state index < -0.39 is 0 Å². The monoisotopic (exact) mass is 531 g/mol. The molecule has 0 aromatic heterocycles. The highest BCUT2D eigenvalue weighted by Crippen LogP contribution is 2.25. The van der Waals surface area contributed by atoms with Gasteiger partial charge in [0.15, 0.2) is 0 Å². The summed E-state index contributed by atoms with van der Waals surface area (Å²) in [6.07, 6.45) is 4.00. The van der Waals surface area contributed by atoms with E-state index in [9.17, 15) is 4.79 Å². The van der Waals surface area contributed by atoms with Crippen molar-refractivity contribution in [3.8, 4) is 0 Å². The number of halogens is 1. The van der Waals surface area contributed by atoms with Crippen LogP contribution in [0.15, 0.2) is 109 Å². The average molecular weight is 532 g/mol. The molecule has 1 amide bonds. The second-order valence-electron chi connectivity index (χ2n) is 9.45. The second kappa shape index (κ2) is 17.4. The van der Waals surface area contributed by atoms with Crippen molar-refractivity contribution >= 4 is 28.9 Å². The molecule has 3 aromatic rings. The number of carbonyl (C=O) groups is 1. The number of hydrogen-bond donors (Lipinski definition) is 0. The van der Waals surface area contributed by atoms with Crippen molar-refractivity contribution in [3.63, 3.8) is 0 Å². The minimum Gasteiger partial charge on any atom is -0.297 e. The van der Waals surface area contributed by atoms with Crippen LogP contribution in [0.1, 0.15) is 33.3 Å². The molecule has 0 aliphatic carbocycles. The fraction of sp³-hybridized carbons (Fsp3) is 0.303. The molecule has 0 spiro atoms. The fourth-order valence-electron chi connectivity index (χ4n) is 3.81. The van der Waals surface area contributed by atoms with E-state index in [1.807, 2.05) is 118 Å². The number of allylic oxidation sites excluding steroid dienone is 3. The number of hydrogen-bond acceptors (Lipinski definition) is 3. The van der Waals surface area contributed by atoms with Gasteiger partial charge in [0, 0.05) is 49.1 Å². The van der Waals surface area contributed by atoms with Crippen LogP contribution < -0.4 is 4.90 Å².